The number of hydrogen-bond donors (Lipinski definition) is 2. The van der Waals surface area contributed by atoms with Crippen molar-refractivity contribution in [1.82, 2.24) is 4.90 Å². The van der Waals surface area contributed by atoms with Crippen molar-refractivity contribution in [3.63, 3.8) is 0 Å². The average molecular weight is 418 g/mol. The summed E-state index contributed by atoms with van der Waals surface area (Å²) in [6, 6.07) is 17.6. The summed E-state index contributed by atoms with van der Waals surface area (Å²) >= 11 is 1.88. The van der Waals surface area contributed by atoms with Gasteiger partial charge in [0, 0.05) is 34.8 Å². The van der Waals surface area contributed by atoms with E-state index in [0.29, 0.717) is 23.3 Å². The zero-order valence-electron chi connectivity index (χ0n) is 16.1. The standard InChI is InChI=1S/C18H20FNS.C4H4O4/c1-20-12-11-18(21-16-9-7-15(19)8-10-16)17(13-20)14-5-3-2-4-6-14;5-3(6)1-2-4(7)8/h2-10,17-18H,11-13H2,1H3;1-2H,(H,5,6)(H,7,8)/t17-,18-;/m0./s1. The van der Waals surface area contributed by atoms with Crippen LogP contribution in [0.3, 0.4) is 0 Å². The number of hydrogen-bond acceptors (Lipinski definition) is 4. The second-order valence-electron chi connectivity index (χ2n) is 6.69. The first-order valence-electron chi connectivity index (χ1n) is 9.15. The molecule has 0 spiro atoms. The topological polar surface area (TPSA) is 77.8 Å². The maximum absolute atomic E-state index is 13.0. The first-order chi connectivity index (χ1) is 13.8. The summed E-state index contributed by atoms with van der Waals surface area (Å²) in [4.78, 5) is 22.7. The average Bonchev–Trinajstić information content (AvgIpc) is 2.70. The van der Waals surface area contributed by atoms with Gasteiger partial charge in [-0.05, 0) is 49.8 Å². The van der Waals surface area contributed by atoms with Gasteiger partial charge in [0.2, 0.25) is 0 Å². The lowest BCUT2D eigenvalue weighted by Crippen LogP contribution is -2.38. The number of likely N-dealkylation sites (N-methyl/N-ethyl adjacent to an activating group) is 1. The van der Waals surface area contributed by atoms with Gasteiger partial charge < -0.3 is 15.1 Å². The van der Waals surface area contributed by atoms with Crippen LogP contribution in [-0.2, 0) is 9.59 Å². The van der Waals surface area contributed by atoms with E-state index >= 15 is 0 Å². The molecule has 1 aliphatic rings. The largest absolute Gasteiger partial charge is 0.478 e. The highest BCUT2D eigenvalue weighted by molar-refractivity contribution is 8.00. The number of carbonyl (C=O) groups is 2. The highest BCUT2D eigenvalue weighted by atomic mass is 32.2. The lowest BCUT2D eigenvalue weighted by Gasteiger charge is -2.36. The van der Waals surface area contributed by atoms with Gasteiger partial charge >= 0.3 is 11.9 Å². The molecule has 2 aromatic rings. The molecule has 154 valence electrons. The van der Waals surface area contributed by atoms with E-state index in [9.17, 15) is 14.0 Å². The molecule has 2 atom stereocenters. The fourth-order valence-electron chi connectivity index (χ4n) is 3.09. The van der Waals surface area contributed by atoms with E-state index in [4.69, 9.17) is 10.2 Å². The molecule has 1 saturated heterocycles. The molecule has 1 fully saturated rings. The number of benzene rings is 2. The summed E-state index contributed by atoms with van der Waals surface area (Å²) in [5.41, 5.74) is 1.41. The molecular formula is C22H24FNO4S. The Labute approximate surface area is 173 Å². The van der Waals surface area contributed by atoms with Crippen molar-refractivity contribution in [2.75, 3.05) is 20.1 Å². The quantitative estimate of drug-likeness (QED) is 0.713. The van der Waals surface area contributed by atoms with Crippen LogP contribution >= 0.6 is 11.8 Å². The number of carboxylic acid groups (broad SMARTS) is 2. The zero-order chi connectivity index (χ0) is 21.2. The molecule has 0 bridgehead atoms. The molecule has 0 unspecified atom stereocenters. The zero-order valence-corrected chi connectivity index (χ0v) is 16.9. The predicted octanol–water partition coefficient (Wildman–Crippen LogP) is 4.12. The number of nitrogens with zero attached hydrogens (tertiary/aromatic N) is 1. The number of thioether (sulfide) groups is 1. The maximum atomic E-state index is 13.0. The Kier molecular flexibility index (Phi) is 8.89. The van der Waals surface area contributed by atoms with Crippen LogP contribution in [0.25, 0.3) is 0 Å². The summed E-state index contributed by atoms with van der Waals surface area (Å²) in [6.45, 7) is 2.21. The Morgan fingerprint density at radius 2 is 1.62 bits per heavy atom. The van der Waals surface area contributed by atoms with E-state index in [1.54, 1.807) is 12.1 Å². The van der Waals surface area contributed by atoms with E-state index < -0.39 is 11.9 Å². The number of halogens is 1. The molecule has 0 aromatic heterocycles. The van der Waals surface area contributed by atoms with Crippen LogP contribution in [0.1, 0.15) is 17.9 Å². The minimum absolute atomic E-state index is 0.165. The summed E-state index contributed by atoms with van der Waals surface area (Å²) in [5, 5.41) is 16.2. The van der Waals surface area contributed by atoms with Crippen molar-refractivity contribution in [2.24, 2.45) is 0 Å². The molecule has 0 amide bonds. The Morgan fingerprint density at radius 1 is 1.03 bits per heavy atom. The van der Waals surface area contributed by atoms with Crippen LogP contribution in [0, 0.1) is 5.82 Å². The van der Waals surface area contributed by atoms with Crippen molar-refractivity contribution in [3.8, 4) is 0 Å². The predicted molar refractivity (Wildman–Crippen MR) is 112 cm³/mol. The summed E-state index contributed by atoms with van der Waals surface area (Å²) in [7, 11) is 2.19. The minimum Gasteiger partial charge on any atom is -0.478 e. The second-order valence-corrected chi connectivity index (χ2v) is 8.00. The second kappa shape index (κ2) is 11.4. The van der Waals surface area contributed by atoms with Gasteiger partial charge in [0.1, 0.15) is 5.82 Å². The van der Waals surface area contributed by atoms with Crippen LogP contribution in [0.15, 0.2) is 71.6 Å². The van der Waals surface area contributed by atoms with E-state index in [1.165, 1.54) is 5.56 Å². The normalized spacial score (nSPS) is 19.4. The summed E-state index contributed by atoms with van der Waals surface area (Å²) in [6.07, 6.45) is 2.28. The Morgan fingerprint density at radius 3 is 2.17 bits per heavy atom. The van der Waals surface area contributed by atoms with Crippen LogP contribution in [0.4, 0.5) is 4.39 Å². The SMILES string of the molecule is CN1CC[C@H](Sc2ccc(F)cc2)[C@H](c2ccccc2)C1.O=C(O)C=CC(=O)O. The smallest absolute Gasteiger partial charge is 0.328 e. The van der Waals surface area contributed by atoms with Gasteiger partial charge in [-0.15, -0.1) is 11.8 Å². The number of rotatable bonds is 5. The van der Waals surface area contributed by atoms with E-state index in [2.05, 4.69) is 42.3 Å². The van der Waals surface area contributed by atoms with Gasteiger partial charge in [-0.25, -0.2) is 14.0 Å². The Balaban J connectivity index is 0.000000321. The summed E-state index contributed by atoms with van der Waals surface area (Å²) in [5.74, 6) is -2.15. The first-order valence-corrected chi connectivity index (χ1v) is 10.0. The van der Waals surface area contributed by atoms with Crippen molar-refractivity contribution in [3.05, 3.63) is 78.1 Å². The number of likely N-dealkylation sites (tertiary alicyclic amines) is 1. The summed E-state index contributed by atoms with van der Waals surface area (Å²) < 4.78 is 13.0. The highest BCUT2D eigenvalue weighted by Gasteiger charge is 2.29. The van der Waals surface area contributed by atoms with Crippen LogP contribution in [-0.4, -0.2) is 52.4 Å². The molecule has 2 aromatic carbocycles. The molecule has 5 nitrogen and oxygen atoms in total. The van der Waals surface area contributed by atoms with Gasteiger partial charge in [0.05, 0.1) is 0 Å². The number of carboxylic acids is 2. The van der Waals surface area contributed by atoms with Gasteiger partial charge in [-0.1, -0.05) is 30.3 Å². The van der Waals surface area contributed by atoms with Gasteiger partial charge in [-0.2, -0.15) is 0 Å². The Hall–Kier alpha value is -2.64. The third-order valence-electron chi connectivity index (χ3n) is 4.45. The van der Waals surface area contributed by atoms with Gasteiger partial charge in [0.25, 0.3) is 0 Å². The number of aliphatic carboxylic acids is 2. The van der Waals surface area contributed by atoms with E-state index in [-0.39, 0.29) is 5.82 Å². The lowest BCUT2D eigenvalue weighted by atomic mass is 9.90. The third kappa shape index (κ3) is 8.09. The molecular weight excluding hydrogens is 393 g/mol. The van der Waals surface area contributed by atoms with Crippen molar-refractivity contribution < 1.29 is 24.2 Å². The van der Waals surface area contributed by atoms with Crippen LogP contribution in [0.2, 0.25) is 0 Å². The van der Waals surface area contributed by atoms with E-state index in [0.717, 1.165) is 24.4 Å². The molecule has 29 heavy (non-hydrogen) atoms. The molecule has 0 aliphatic carbocycles. The maximum Gasteiger partial charge on any atom is 0.328 e. The Bertz CT molecular complexity index is 810. The van der Waals surface area contributed by atoms with Crippen molar-refractivity contribution in [1.29, 1.82) is 0 Å². The molecule has 2 N–H and O–H groups in total. The molecule has 7 heteroatoms. The van der Waals surface area contributed by atoms with Crippen molar-refractivity contribution >= 4 is 23.7 Å². The van der Waals surface area contributed by atoms with Gasteiger partial charge in [0.15, 0.2) is 0 Å². The fraction of sp³-hybridized carbons (Fsp3) is 0.273. The lowest BCUT2D eigenvalue weighted by molar-refractivity contribution is -0.134. The molecule has 0 radical (unpaired) electrons. The van der Waals surface area contributed by atoms with Gasteiger partial charge in [-0.3, -0.25) is 0 Å². The molecule has 3 rings (SSSR count). The fourth-order valence-corrected chi connectivity index (χ4v) is 4.36. The van der Waals surface area contributed by atoms with Crippen LogP contribution < -0.4 is 0 Å². The molecule has 1 aliphatic heterocycles. The first kappa shape index (κ1) is 22.6. The van der Waals surface area contributed by atoms with E-state index in [1.807, 2.05) is 23.9 Å². The molecule has 0 saturated carbocycles. The minimum atomic E-state index is -1.26. The number of piperidine rings is 1. The van der Waals surface area contributed by atoms with Crippen LogP contribution in [0.5, 0.6) is 0 Å². The van der Waals surface area contributed by atoms with Crippen molar-refractivity contribution in [2.45, 2.75) is 22.5 Å². The molecule has 1 heterocycles. The highest BCUT2D eigenvalue weighted by Crippen LogP contribution is 2.38. The monoisotopic (exact) mass is 417 g/mol. The third-order valence-corrected chi connectivity index (χ3v) is 5.86.